The van der Waals surface area contributed by atoms with E-state index >= 15 is 0 Å². The molecule has 4 nitrogen and oxygen atoms in total. The minimum absolute atomic E-state index is 0.108. The Morgan fingerprint density at radius 1 is 1.26 bits per heavy atom. The van der Waals surface area contributed by atoms with E-state index in [-0.39, 0.29) is 6.04 Å². The molecule has 0 unspecified atom stereocenters. The predicted molar refractivity (Wildman–Crippen MR) is 81.9 cm³/mol. The number of rotatable bonds is 6. The van der Waals surface area contributed by atoms with Crippen molar-refractivity contribution < 1.29 is 8.42 Å². The third-order valence-corrected chi connectivity index (χ3v) is 5.30. The summed E-state index contributed by atoms with van der Waals surface area (Å²) in [5.74, 6) is 0. The van der Waals surface area contributed by atoms with Gasteiger partial charge in [0.2, 0.25) is 10.0 Å². The van der Waals surface area contributed by atoms with Crippen molar-refractivity contribution in [3.8, 4) is 0 Å². The standard InChI is InChI=1S/C13H21BrN2O2S/c1-5-15-11(4)8-16-19(17,18)13-7-9(2)12(14)6-10(13)3/h6-7,11,15-16H,5,8H2,1-4H3/t11-/m1/s1. The van der Waals surface area contributed by atoms with E-state index in [0.717, 1.165) is 22.1 Å². The first kappa shape index (κ1) is 16.6. The van der Waals surface area contributed by atoms with E-state index in [1.54, 1.807) is 13.0 Å². The molecule has 1 atom stereocenters. The fourth-order valence-corrected chi connectivity index (χ4v) is 3.67. The number of aryl methyl sites for hydroxylation is 2. The Balaban J connectivity index is 2.92. The van der Waals surface area contributed by atoms with Crippen molar-refractivity contribution >= 4 is 26.0 Å². The summed E-state index contributed by atoms with van der Waals surface area (Å²) in [4.78, 5) is 0.344. The van der Waals surface area contributed by atoms with Gasteiger partial charge < -0.3 is 5.32 Å². The summed E-state index contributed by atoms with van der Waals surface area (Å²) in [6, 6.07) is 3.63. The highest BCUT2D eigenvalue weighted by molar-refractivity contribution is 9.10. The van der Waals surface area contributed by atoms with E-state index in [0.29, 0.717) is 11.4 Å². The van der Waals surface area contributed by atoms with Crippen molar-refractivity contribution in [1.82, 2.24) is 10.0 Å². The van der Waals surface area contributed by atoms with Crippen LogP contribution >= 0.6 is 15.9 Å². The normalized spacial score (nSPS) is 13.5. The van der Waals surface area contributed by atoms with Gasteiger partial charge in [-0.2, -0.15) is 0 Å². The average molecular weight is 349 g/mol. The van der Waals surface area contributed by atoms with E-state index in [1.807, 2.05) is 26.8 Å². The summed E-state index contributed by atoms with van der Waals surface area (Å²) >= 11 is 3.40. The second kappa shape index (κ2) is 6.83. The first-order valence-electron chi connectivity index (χ1n) is 6.27. The summed E-state index contributed by atoms with van der Waals surface area (Å²) in [6.45, 7) is 8.82. The molecule has 1 aromatic rings. The third-order valence-electron chi connectivity index (χ3n) is 2.88. The molecule has 0 aromatic heterocycles. The van der Waals surface area contributed by atoms with Gasteiger partial charge in [-0.3, -0.25) is 0 Å². The van der Waals surface area contributed by atoms with Crippen molar-refractivity contribution in [3.63, 3.8) is 0 Å². The van der Waals surface area contributed by atoms with E-state index in [9.17, 15) is 8.42 Å². The van der Waals surface area contributed by atoms with E-state index in [2.05, 4.69) is 26.0 Å². The SMILES string of the molecule is CCN[C@H](C)CNS(=O)(=O)c1cc(C)c(Br)cc1C. The number of likely N-dealkylation sites (N-methyl/N-ethyl adjacent to an activating group) is 1. The Bertz CT molecular complexity index is 544. The molecule has 0 radical (unpaired) electrons. The molecule has 0 spiro atoms. The molecule has 0 saturated carbocycles. The van der Waals surface area contributed by atoms with Gasteiger partial charge in [0.1, 0.15) is 0 Å². The Hall–Kier alpha value is -0.430. The Morgan fingerprint density at radius 2 is 1.89 bits per heavy atom. The van der Waals surface area contributed by atoms with E-state index in [4.69, 9.17) is 0 Å². The molecular formula is C13H21BrN2O2S. The number of nitrogens with one attached hydrogen (secondary N) is 2. The van der Waals surface area contributed by atoms with Gasteiger partial charge in [-0.15, -0.1) is 0 Å². The monoisotopic (exact) mass is 348 g/mol. The molecule has 0 amide bonds. The molecule has 0 aliphatic heterocycles. The average Bonchev–Trinajstić information content (AvgIpc) is 2.31. The molecule has 19 heavy (non-hydrogen) atoms. The molecule has 1 rings (SSSR count). The van der Waals surface area contributed by atoms with Crippen LogP contribution < -0.4 is 10.0 Å². The molecule has 1 aromatic carbocycles. The fraction of sp³-hybridized carbons (Fsp3) is 0.538. The zero-order chi connectivity index (χ0) is 14.6. The zero-order valence-corrected chi connectivity index (χ0v) is 14.2. The van der Waals surface area contributed by atoms with Gasteiger partial charge in [-0.1, -0.05) is 22.9 Å². The first-order chi connectivity index (χ1) is 8.77. The molecule has 0 aliphatic carbocycles. The summed E-state index contributed by atoms with van der Waals surface area (Å²) < 4.78 is 28.1. The van der Waals surface area contributed by atoms with Gasteiger partial charge in [-0.25, -0.2) is 13.1 Å². The Morgan fingerprint density at radius 3 is 2.47 bits per heavy atom. The number of sulfonamides is 1. The molecule has 0 heterocycles. The lowest BCUT2D eigenvalue weighted by Gasteiger charge is -2.15. The highest BCUT2D eigenvalue weighted by atomic mass is 79.9. The maximum absolute atomic E-state index is 12.3. The van der Waals surface area contributed by atoms with Gasteiger partial charge in [0.05, 0.1) is 4.90 Å². The Labute approximate surface area is 124 Å². The maximum atomic E-state index is 12.3. The van der Waals surface area contributed by atoms with Crippen molar-refractivity contribution in [2.24, 2.45) is 0 Å². The second-order valence-electron chi connectivity index (χ2n) is 4.68. The van der Waals surface area contributed by atoms with Gasteiger partial charge in [0.25, 0.3) is 0 Å². The lowest BCUT2D eigenvalue weighted by molar-refractivity contribution is 0.536. The van der Waals surface area contributed by atoms with Crippen molar-refractivity contribution in [1.29, 1.82) is 0 Å². The van der Waals surface area contributed by atoms with Crippen LogP contribution in [0.1, 0.15) is 25.0 Å². The second-order valence-corrected chi connectivity index (χ2v) is 7.27. The van der Waals surface area contributed by atoms with Crippen LogP contribution in [0.4, 0.5) is 0 Å². The minimum atomic E-state index is -3.45. The van der Waals surface area contributed by atoms with E-state index < -0.39 is 10.0 Å². The minimum Gasteiger partial charge on any atom is -0.313 e. The smallest absolute Gasteiger partial charge is 0.240 e. The van der Waals surface area contributed by atoms with Crippen LogP contribution in [-0.2, 0) is 10.0 Å². The van der Waals surface area contributed by atoms with Crippen LogP contribution in [0.5, 0.6) is 0 Å². The van der Waals surface area contributed by atoms with Gasteiger partial charge in [0.15, 0.2) is 0 Å². The lowest BCUT2D eigenvalue weighted by Crippen LogP contribution is -2.38. The molecular weight excluding hydrogens is 328 g/mol. The van der Waals surface area contributed by atoms with Gasteiger partial charge in [-0.05, 0) is 50.6 Å². The van der Waals surface area contributed by atoms with Crippen LogP contribution in [0, 0.1) is 13.8 Å². The summed E-state index contributed by atoms with van der Waals surface area (Å²) in [7, 11) is -3.45. The highest BCUT2D eigenvalue weighted by Gasteiger charge is 2.18. The summed E-state index contributed by atoms with van der Waals surface area (Å²) in [6.07, 6.45) is 0. The maximum Gasteiger partial charge on any atom is 0.240 e. The number of hydrogen-bond donors (Lipinski definition) is 2. The summed E-state index contributed by atoms with van der Waals surface area (Å²) in [5.41, 5.74) is 1.65. The molecule has 6 heteroatoms. The largest absolute Gasteiger partial charge is 0.313 e. The molecule has 0 bridgehead atoms. The molecule has 0 saturated heterocycles. The topological polar surface area (TPSA) is 58.2 Å². The van der Waals surface area contributed by atoms with Crippen LogP contribution in [0.15, 0.2) is 21.5 Å². The van der Waals surface area contributed by atoms with Gasteiger partial charge in [0, 0.05) is 17.1 Å². The number of halogens is 1. The number of benzene rings is 1. The van der Waals surface area contributed by atoms with Crippen molar-refractivity contribution in [3.05, 3.63) is 27.7 Å². The first-order valence-corrected chi connectivity index (χ1v) is 8.55. The quantitative estimate of drug-likeness (QED) is 0.829. The molecule has 108 valence electrons. The molecule has 2 N–H and O–H groups in total. The van der Waals surface area contributed by atoms with Crippen LogP contribution in [0.25, 0.3) is 0 Å². The van der Waals surface area contributed by atoms with Crippen molar-refractivity contribution in [2.45, 2.75) is 38.6 Å². The Kier molecular flexibility index (Phi) is 5.98. The lowest BCUT2D eigenvalue weighted by atomic mass is 10.2. The third kappa shape index (κ3) is 4.56. The molecule has 0 aliphatic rings. The highest BCUT2D eigenvalue weighted by Crippen LogP contribution is 2.24. The van der Waals surface area contributed by atoms with Gasteiger partial charge >= 0.3 is 0 Å². The van der Waals surface area contributed by atoms with Crippen molar-refractivity contribution in [2.75, 3.05) is 13.1 Å². The molecule has 0 fully saturated rings. The van der Waals surface area contributed by atoms with Crippen LogP contribution in [-0.4, -0.2) is 27.5 Å². The fourth-order valence-electron chi connectivity index (χ4n) is 1.78. The number of hydrogen-bond acceptors (Lipinski definition) is 3. The zero-order valence-electron chi connectivity index (χ0n) is 11.7. The van der Waals surface area contributed by atoms with Crippen LogP contribution in [0.2, 0.25) is 0 Å². The van der Waals surface area contributed by atoms with E-state index in [1.165, 1.54) is 0 Å². The van der Waals surface area contributed by atoms with Crippen LogP contribution in [0.3, 0.4) is 0 Å². The predicted octanol–water partition coefficient (Wildman–Crippen LogP) is 2.34. The summed E-state index contributed by atoms with van der Waals surface area (Å²) in [5, 5.41) is 3.17.